The van der Waals surface area contributed by atoms with E-state index in [1.54, 1.807) is 0 Å². The van der Waals surface area contributed by atoms with Gasteiger partial charge in [-0.25, -0.2) is 14.5 Å². The number of amides is 2. The van der Waals surface area contributed by atoms with Crippen LogP contribution in [0.4, 0.5) is 9.59 Å². The first-order valence-corrected chi connectivity index (χ1v) is 7.33. The normalized spacial score (nSPS) is 9.62. The van der Waals surface area contributed by atoms with E-state index in [4.69, 9.17) is 15.9 Å². The van der Waals surface area contributed by atoms with Crippen molar-refractivity contribution in [3.63, 3.8) is 0 Å². The Bertz CT molecular complexity index is 652. The number of imide groups is 1. The smallest absolute Gasteiger partial charge is 0.420 e. The van der Waals surface area contributed by atoms with Crippen LogP contribution in [0.5, 0.6) is 0 Å². The first kappa shape index (κ1) is 17.1. The van der Waals surface area contributed by atoms with Crippen molar-refractivity contribution in [2.24, 2.45) is 0 Å². The summed E-state index contributed by atoms with van der Waals surface area (Å²) in [4.78, 5) is 24.9. The van der Waals surface area contributed by atoms with E-state index < -0.39 is 12.2 Å². The average Bonchev–Trinajstić information content (AvgIpc) is 2.64. The largest absolute Gasteiger partial charge is 0.444 e. The van der Waals surface area contributed by atoms with Crippen molar-refractivity contribution in [3.05, 3.63) is 71.8 Å². The quantitative estimate of drug-likeness (QED) is 0.789. The third-order valence-corrected chi connectivity index (χ3v) is 3.10. The zero-order valence-electron chi connectivity index (χ0n) is 13.1. The number of benzene rings is 2. The molecule has 0 atom stereocenters. The summed E-state index contributed by atoms with van der Waals surface area (Å²) in [5.41, 5.74) is 1.62. The Morgan fingerprint density at radius 1 is 0.833 bits per heavy atom. The molecule has 0 radical (unpaired) electrons. The molecule has 0 spiro atoms. The fraction of sp³-hybridized carbons (Fsp3) is 0.158. The second kappa shape index (κ2) is 9.01. The van der Waals surface area contributed by atoms with Gasteiger partial charge in [-0.1, -0.05) is 66.6 Å². The third-order valence-electron chi connectivity index (χ3n) is 3.10. The SMILES string of the molecule is C#CCN(C(=O)OCc1ccccc1)C(=O)OCc1ccccc1. The lowest BCUT2D eigenvalue weighted by atomic mass is 10.2. The van der Waals surface area contributed by atoms with Crippen LogP contribution in [0.25, 0.3) is 0 Å². The number of carbonyl (C=O) groups is 2. The monoisotopic (exact) mass is 323 g/mol. The van der Waals surface area contributed by atoms with Crippen LogP contribution in [-0.4, -0.2) is 23.6 Å². The summed E-state index contributed by atoms with van der Waals surface area (Å²) in [6, 6.07) is 18.3. The Morgan fingerprint density at radius 3 is 1.62 bits per heavy atom. The van der Waals surface area contributed by atoms with Crippen LogP contribution in [-0.2, 0) is 22.7 Å². The van der Waals surface area contributed by atoms with Crippen LogP contribution in [0.1, 0.15) is 11.1 Å². The van der Waals surface area contributed by atoms with Gasteiger partial charge in [-0.2, -0.15) is 0 Å². The highest BCUT2D eigenvalue weighted by Crippen LogP contribution is 2.07. The highest BCUT2D eigenvalue weighted by atomic mass is 16.6. The Morgan fingerprint density at radius 2 is 1.25 bits per heavy atom. The molecule has 5 heteroatoms. The molecule has 0 N–H and O–H groups in total. The molecule has 5 nitrogen and oxygen atoms in total. The Balaban J connectivity index is 1.90. The van der Waals surface area contributed by atoms with E-state index in [0.717, 1.165) is 16.0 Å². The molecule has 0 heterocycles. The Hall–Kier alpha value is -3.26. The summed E-state index contributed by atoms with van der Waals surface area (Å²) >= 11 is 0. The predicted molar refractivity (Wildman–Crippen MR) is 88.8 cm³/mol. The molecule has 122 valence electrons. The van der Waals surface area contributed by atoms with Gasteiger partial charge in [-0.3, -0.25) is 0 Å². The second-order valence-electron chi connectivity index (χ2n) is 4.87. The summed E-state index contributed by atoms with van der Waals surface area (Å²) < 4.78 is 10.2. The van der Waals surface area contributed by atoms with Crippen LogP contribution in [0, 0.1) is 12.3 Å². The lowest BCUT2D eigenvalue weighted by Gasteiger charge is -2.17. The van der Waals surface area contributed by atoms with Crippen molar-refractivity contribution in [1.29, 1.82) is 0 Å². The number of carbonyl (C=O) groups excluding carboxylic acids is 2. The zero-order chi connectivity index (χ0) is 17.2. The molecule has 0 bridgehead atoms. The number of hydrogen-bond acceptors (Lipinski definition) is 4. The predicted octanol–water partition coefficient (Wildman–Crippen LogP) is 3.60. The molecule has 2 aromatic carbocycles. The van der Waals surface area contributed by atoms with Gasteiger partial charge in [-0.05, 0) is 11.1 Å². The van der Waals surface area contributed by atoms with Crippen LogP contribution >= 0.6 is 0 Å². The molecule has 2 rings (SSSR count). The maximum atomic E-state index is 12.1. The molecule has 2 aromatic rings. The lowest BCUT2D eigenvalue weighted by Crippen LogP contribution is -2.38. The van der Waals surface area contributed by atoms with Crippen LogP contribution in [0.15, 0.2) is 60.7 Å². The van der Waals surface area contributed by atoms with Gasteiger partial charge < -0.3 is 9.47 Å². The minimum absolute atomic E-state index is 0.0483. The Kier molecular flexibility index (Phi) is 6.42. The van der Waals surface area contributed by atoms with Crippen molar-refractivity contribution in [1.82, 2.24) is 4.90 Å². The zero-order valence-corrected chi connectivity index (χ0v) is 13.1. The van der Waals surface area contributed by atoms with E-state index in [2.05, 4.69) is 5.92 Å². The molecule has 0 unspecified atom stereocenters. The minimum atomic E-state index is -0.838. The highest BCUT2D eigenvalue weighted by Gasteiger charge is 2.23. The van der Waals surface area contributed by atoms with E-state index in [9.17, 15) is 9.59 Å². The van der Waals surface area contributed by atoms with E-state index in [-0.39, 0.29) is 19.8 Å². The number of hydrogen-bond donors (Lipinski definition) is 0. The summed E-state index contributed by atoms with van der Waals surface area (Å²) in [6.45, 7) is -0.124. The first-order valence-electron chi connectivity index (χ1n) is 7.33. The molecule has 0 fully saturated rings. The number of nitrogens with zero attached hydrogens (tertiary/aromatic N) is 1. The minimum Gasteiger partial charge on any atom is -0.444 e. The van der Waals surface area contributed by atoms with Gasteiger partial charge in [0.05, 0.1) is 6.54 Å². The molecule has 0 aliphatic carbocycles. The Labute approximate surface area is 140 Å². The van der Waals surface area contributed by atoms with Crippen LogP contribution in [0.3, 0.4) is 0 Å². The standard InChI is InChI=1S/C19H17NO4/c1-2-13-20(18(21)23-14-16-9-5-3-6-10-16)19(22)24-15-17-11-7-4-8-12-17/h1,3-12H,13-15H2. The van der Waals surface area contributed by atoms with E-state index in [0.29, 0.717) is 0 Å². The van der Waals surface area contributed by atoms with Crippen molar-refractivity contribution in [3.8, 4) is 12.3 Å². The third kappa shape index (κ3) is 5.18. The summed E-state index contributed by atoms with van der Waals surface area (Å²) in [5, 5.41) is 0. The molecule has 0 saturated carbocycles. The van der Waals surface area contributed by atoms with Gasteiger partial charge in [0.1, 0.15) is 13.2 Å². The van der Waals surface area contributed by atoms with Crippen molar-refractivity contribution in [2.45, 2.75) is 13.2 Å². The first-order chi connectivity index (χ1) is 11.7. The average molecular weight is 323 g/mol. The summed E-state index contributed by atoms with van der Waals surface area (Å²) in [7, 11) is 0. The van der Waals surface area contributed by atoms with E-state index in [1.807, 2.05) is 60.7 Å². The van der Waals surface area contributed by atoms with Gasteiger partial charge in [-0.15, -0.1) is 6.42 Å². The van der Waals surface area contributed by atoms with Crippen molar-refractivity contribution in [2.75, 3.05) is 6.54 Å². The fourth-order valence-electron chi connectivity index (χ4n) is 1.89. The number of terminal acetylenes is 1. The van der Waals surface area contributed by atoms with Crippen LogP contribution < -0.4 is 0 Å². The number of ether oxygens (including phenoxy) is 2. The highest BCUT2D eigenvalue weighted by molar-refractivity contribution is 5.88. The maximum absolute atomic E-state index is 12.1. The molecule has 0 aliphatic rings. The van der Waals surface area contributed by atoms with Crippen LogP contribution in [0.2, 0.25) is 0 Å². The van der Waals surface area contributed by atoms with Crippen molar-refractivity contribution < 1.29 is 19.1 Å². The fourth-order valence-corrected chi connectivity index (χ4v) is 1.89. The topological polar surface area (TPSA) is 55.8 Å². The van der Waals surface area contributed by atoms with Gasteiger partial charge in [0.15, 0.2) is 0 Å². The molecule has 2 amide bonds. The maximum Gasteiger partial charge on any atom is 0.420 e. The molecular weight excluding hydrogens is 306 g/mol. The molecule has 0 aliphatic heterocycles. The number of rotatable bonds is 5. The van der Waals surface area contributed by atoms with Gasteiger partial charge in [0.2, 0.25) is 0 Å². The van der Waals surface area contributed by atoms with E-state index in [1.165, 1.54) is 0 Å². The lowest BCUT2D eigenvalue weighted by molar-refractivity contribution is 0.0740. The molecular formula is C19H17NO4. The molecule has 0 saturated heterocycles. The van der Waals surface area contributed by atoms with Gasteiger partial charge in [0.25, 0.3) is 0 Å². The van der Waals surface area contributed by atoms with E-state index >= 15 is 0 Å². The van der Waals surface area contributed by atoms with Gasteiger partial charge in [0, 0.05) is 0 Å². The summed E-state index contributed by atoms with van der Waals surface area (Å²) in [5.74, 6) is 2.25. The van der Waals surface area contributed by atoms with Crippen molar-refractivity contribution >= 4 is 12.2 Å². The summed E-state index contributed by atoms with van der Waals surface area (Å²) in [6.07, 6.45) is 3.54. The second-order valence-corrected chi connectivity index (χ2v) is 4.87. The molecule has 0 aromatic heterocycles. The van der Waals surface area contributed by atoms with Gasteiger partial charge >= 0.3 is 12.2 Å². The molecule has 24 heavy (non-hydrogen) atoms.